The Morgan fingerprint density at radius 2 is 2.27 bits per heavy atom. The molecule has 0 radical (unpaired) electrons. The number of hydrogen-bond donors (Lipinski definition) is 1. The highest BCUT2D eigenvalue weighted by atomic mass is 16.3. The first-order chi connectivity index (χ1) is 5.33. The van der Waals surface area contributed by atoms with Gasteiger partial charge in [-0.15, -0.1) is 12.3 Å². The van der Waals surface area contributed by atoms with Crippen LogP contribution in [0.2, 0.25) is 0 Å². The lowest BCUT2D eigenvalue weighted by atomic mass is 10.0. The minimum atomic E-state index is -0.0224. The highest BCUT2D eigenvalue weighted by Gasteiger charge is 2.21. The molecular formula is C10H16O. The molecule has 1 fully saturated rings. The van der Waals surface area contributed by atoms with E-state index in [0.29, 0.717) is 0 Å². The van der Waals surface area contributed by atoms with Crippen molar-refractivity contribution in [2.24, 2.45) is 5.92 Å². The monoisotopic (exact) mass is 152 g/mol. The van der Waals surface area contributed by atoms with Gasteiger partial charge >= 0.3 is 0 Å². The van der Waals surface area contributed by atoms with E-state index in [-0.39, 0.29) is 6.10 Å². The molecule has 0 heterocycles. The first-order valence-corrected chi connectivity index (χ1v) is 4.44. The SMILES string of the molecule is C#CCCCC1CCC(O)C1. The first-order valence-electron chi connectivity index (χ1n) is 4.44. The number of aliphatic hydroxyl groups excluding tert-OH is 1. The number of hydrogen-bond acceptors (Lipinski definition) is 1. The van der Waals surface area contributed by atoms with E-state index in [9.17, 15) is 5.11 Å². The molecule has 0 aromatic rings. The second-order valence-corrected chi connectivity index (χ2v) is 3.43. The van der Waals surface area contributed by atoms with Gasteiger partial charge in [0.05, 0.1) is 6.10 Å². The molecule has 0 spiro atoms. The summed E-state index contributed by atoms with van der Waals surface area (Å²) in [5, 5.41) is 9.22. The smallest absolute Gasteiger partial charge is 0.0543 e. The van der Waals surface area contributed by atoms with E-state index in [4.69, 9.17) is 6.42 Å². The van der Waals surface area contributed by atoms with Crippen molar-refractivity contribution in [3.8, 4) is 12.3 Å². The van der Waals surface area contributed by atoms with E-state index in [2.05, 4.69) is 5.92 Å². The third kappa shape index (κ3) is 2.95. The van der Waals surface area contributed by atoms with Crippen molar-refractivity contribution < 1.29 is 5.11 Å². The summed E-state index contributed by atoms with van der Waals surface area (Å²) >= 11 is 0. The maximum atomic E-state index is 9.22. The molecule has 0 aromatic heterocycles. The normalized spacial score (nSPS) is 30.2. The summed E-state index contributed by atoms with van der Waals surface area (Å²) in [7, 11) is 0. The lowest BCUT2D eigenvalue weighted by Gasteiger charge is -2.06. The van der Waals surface area contributed by atoms with Crippen LogP contribution in [0.3, 0.4) is 0 Å². The first kappa shape index (κ1) is 8.62. The van der Waals surface area contributed by atoms with Crippen LogP contribution in [0.25, 0.3) is 0 Å². The number of rotatable bonds is 3. The Morgan fingerprint density at radius 3 is 2.82 bits per heavy atom. The highest BCUT2D eigenvalue weighted by Crippen LogP contribution is 2.29. The molecule has 1 aliphatic rings. The van der Waals surface area contributed by atoms with Crippen LogP contribution < -0.4 is 0 Å². The van der Waals surface area contributed by atoms with Crippen LogP contribution in [0.4, 0.5) is 0 Å². The summed E-state index contributed by atoms with van der Waals surface area (Å²) in [5.74, 6) is 3.39. The lowest BCUT2D eigenvalue weighted by molar-refractivity contribution is 0.176. The van der Waals surface area contributed by atoms with Crippen molar-refractivity contribution in [3.63, 3.8) is 0 Å². The van der Waals surface area contributed by atoms with Gasteiger partial charge in [-0.25, -0.2) is 0 Å². The topological polar surface area (TPSA) is 20.2 Å². The van der Waals surface area contributed by atoms with Gasteiger partial charge in [-0.3, -0.25) is 0 Å². The number of terminal acetylenes is 1. The summed E-state index contributed by atoms with van der Waals surface area (Å²) in [4.78, 5) is 0. The van der Waals surface area contributed by atoms with Crippen molar-refractivity contribution in [1.29, 1.82) is 0 Å². The molecule has 11 heavy (non-hydrogen) atoms. The molecule has 2 atom stereocenters. The third-order valence-corrected chi connectivity index (χ3v) is 2.45. The fraction of sp³-hybridized carbons (Fsp3) is 0.800. The molecule has 0 aliphatic heterocycles. The second-order valence-electron chi connectivity index (χ2n) is 3.43. The largest absolute Gasteiger partial charge is 0.393 e. The number of aliphatic hydroxyl groups is 1. The van der Waals surface area contributed by atoms with Crippen molar-refractivity contribution in [2.75, 3.05) is 0 Å². The van der Waals surface area contributed by atoms with E-state index in [0.717, 1.165) is 31.6 Å². The molecular weight excluding hydrogens is 136 g/mol. The predicted molar refractivity (Wildman–Crippen MR) is 46.0 cm³/mol. The van der Waals surface area contributed by atoms with E-state index < -0.39 is 0 Å². The maximum absolute atomic E-state index is 9.22. The molecule has 0 aromatic carbocycles. The van der Waals surface area contributed by atoms with Gasteiger partial charge in [-0.2, -0.15) is 0 Å². The van der Waals surface area contributed by atoms with Gasteiger partial charge in [0.25, 0.3) is 0 Å². The van der Waals surface area contributed by atoms with E-state index in [1.807, 2.05) is 0 Å². The fourth-order valence-corrected chi connectivity index (χ4v) is 1.80. The zero-order valence-electron chi connectivity index (χ0n) is 6.92. The quantitative estimate of drug-likeness (QED) is 0.484. The molecule has 1 nitrogen and oxygen atoms in total. The van der Waals surface area contributed by atoms with Gasteiger partial charge in [0, 0.05) is 6.42 Å². The highest BCUT2D eigenvalue weighted by molar-refractivity contribution is 4.84. The Hall–Kier alpha value is -0.480. The zero-order valence-corrected chi connectivity index (χ0v) is 6.92. The van der Waals surface area contributed by atoms with E-state index in [1.165, 1.54) is 12.8 Å². The van der Waals surface area contributed by atoms with Crippen molar-refractivity contribution in [2.45, 2.75) is 44.6 Å². The van der Waals surface area contributed by atoms with Gasteiger partial charge in [0.15, 0.2) is 0 Å². The van der Waals surface area contributed by atoms with Crippen molar-refractivity contribution in [3.05, 3.63) is 0 Å². The Bertz CT molecular complexity index is 145. The molecule has 0 bridgehead atoms. The molecule has 1 aliphatic carbocycles. The van der Waals surface area contributed by atoms with Crippen molar-refractivity contribution >= 4 is 0 Å². The Morgan fingerprint density at radius 1 is 1.45 bits per heavy atom. The molecule has 1 saturated carbocycles. The fourth-order valence-electron chi connectivity index (χ4n) is 1.80. The van der Waals surface area contributed by atoms with Crippen LogP contribution in [0.15, 0.2) is 0 Å². The second kappa shape index (κ2) is 4.41. The summed E-state index contributed by atoms with van der Waals surface area (Å²) in [6.45, 7) is 0. The summed E-state index contributed by atoms with van der Waals surface area (Å²) in [5.41, 5.74) is 0. The van der Waals surface area contributed by atoms with Crippen LogP contribution in [-0.4, -0.2) is 11.2 Å². The average Bonchev–Trinajstić information content (AvgIpc) is 2.37. The van der Waals surface area contributed by atoms with E-state index in [1.54, 1.807) is 0 Å². The van der Waals surface area contributed by atoms with Gasteiger partial charge in [-0.05, 0) is 38.0 Å². The van der Waals surface area contributed by atoms with Crippen molar-refractivity contribution in [1.82, 2.24) is 0 Å². The molecule has 1 rings (SSSR count). The van der Waals surface area contributed by atoms with Crippen LogP contribution in [0.5, 0.6) is 0 Å². The summed E-state index contributed by atoms with van der Waals surface area (Å²) < 4.78 is 0. The van der Waals surface area contributed by atoms with Crippen LogP contribution >= 0.6 is 0 Å². The third-order valence-electron chi connectivity index (χ3n) is 2.45. The predicted octanol–water partition coefficient (Wildman–Crippen LogP) is 1.95. The summed E-state index contributed by atoms with van der Waals surface area (Å²) in [6.07, 6.45) is 11.6. The maximum Gasteiger partial charge on any atom is 0.0543 e. The standard InChI is InChI=1S/C10H16O/c1-2-3-4-5-9-6-7-10(11)8-9/h1,9-11H,3-8H2. The Balaban J connectivity index is 2.05. The number of unbranched alkanes of at least 4 members (excludes halogenated alkanes) is 1. The molecule has 0 saturated heterocycles. The minimum Gasteiger partial charge on any atom is -0.393 e. The van der Waals surface area contributed by atoms with Gasteiger partial charge in [0.1, 0.15) is 0 Å². The Kier molecular flexibility index (Phi) is 3.45. The zero-order chi connectivity index (χ0) is 8.10. The molecule has 2 unspecified atom stereocenters. The molecule has 1 N–H and O–H groups in total. The van der Waals surface area contributed by atoms with Crippen LogP contribution in [0, 0.1) is 18.3 Å². The van der Waals surface area contributed by atoms with Crippen LogP contribution in [0.1, 0.15) is 38.5 Å². The minimum absolute atomic E-state index is 0.0224. The van der Waals surface area contributed by atoms with Gasteiger partial charge < -0.3 is 5.11 Å². The van der Waals surface area contributed by atoms with Gasteiger partial charge in [0.2, 0.25) is 0 Å². The summed E-state index contributed by atoms with van der Waals surface area (Å²) in [6, 6.07) is 0. The van der Waals surface area contributed by atoms with Gasteiger partial charge in [-0.1, -0.05) is 0 Å². The van der Waals surface area contributed by atoms with Crippen LogP contribution in [-0.2, 0) is 0 Å². The molecule has 62 valence electrons. The average molecular weight is 152 g/mol. The Labute approximate surface area is 68.8 Å². The lowest BCUT2D eigenvalue weighted by Crippen LogP contribution is -1.99. The molecule has 1 heteroatoms. The molecule has 0 amide bonds. The van der Waals surface area contributed by atoms with E-state index >= 15 is 0 Å².